The molecular formula is C24H30N2O3. The molecule has 29 heavy (non-hydrogen) atoms. The van der Waals surface area contributed by atoms with Gasteiger partial charge in [0.05, 0.1) is 0 Å². The van der Waals surface area contributed by atoms with Crippen LogP contribution in [0.1, 0.15) is 50.5 Å². The lowest BCUT2D eigenvalue weighted by Crippen LogP contribution is -2.49. The molecule has 5 nitrogen and oxygen atoms in total. The van der Waals surface area contributed by atoms with Crippen LogP contribution in [0.15, 0.2) is 43.0 Å². The number of ether oxygens (including phenoxy) is 1. The summed E-state index contributed by atoms with van der Waals surface area (Å²) in [5, 5.41) is 0. The minimum absolute atomic E-state index is 0.0718. The van der Waals surface area contributed by atoms with Gasteiger partial charge in [0.2, 0.25) is 5.91 Å². The molecule has 5 rings (SSSR count). The maximum Gasteiger partial charge on any atom is 0.262 e. The van der Waals surface area contributed by atoms with E-state index in [2.05, 4.69) is 17.4 Å². The van der Waals surface area contributed by atoms with Crippen molar-refractivity contribution in [2.75, 3.05) is 6.61 Å². The summed E-state index contributed by atoms with van der Waals surface area (Å²) in [7, 11) is 0. The van der Waals surface area contributed by atoms with E-state index in [-0.39, 0.29) is 17.2 Å². The number of benzene rings is 1. The Morgan fingerprint density at radius 2 is 1.66 bits per heavy atom. The van der Waals surface area contributed by atoms with Crippen molar-refractivity contribution < 1.29 is 14.3 Å². The minimum Gasteiger partial charge on any atom is -0.490 e. The number of hydrogen-bond donors (Lipinski definition) is 2. The Hall–Kier alpha value is -2.56. The predicted octanol–water partition coefficient (Wildman–Crippen LogP) is 4.02. The maximum absolute atomic E-state index is 12.5. The summed E-state index contributed by atoms with van der Waals surface area (Å²) >= 11 is 0. The highest BCUT2D eigenvalue weighted by Gasteiger charge is 2.51. The van der Waals surface area contributed by atoms with Gasteiger partial charge < -0.3 is 4.74 Å². The third kappa shape index (κ3) is 4.89. The third-order valence-corrected chi connectivity index (χ3v) is 6.70. The molecule has 4 bridgehead atoms. The molecule has 0 radical (unpaired) electrons. The Kier molecular flexibility index (Phi) is 5.74. The molecule has 4 saturated carbocycles. The molecule has 2 amide bonds. The van der Waals surface area contributed by atoms with Gasteiger partial charge in [-0.2, -0.15) is 0 Å². The lowest BCUT2D eigenvalue weighted by atomic mass is 9.49. The number of rotatable bonds is 7. The highest BCUT2D eigenvalue weighted by Crippen LogP contribution is 2.61. The lowest BCUT2D eigenvalue weighted by Gasteiger charge is -2.56. The summed E-state index contributed by atoms with van der Waals surface area (Å²) in [6, 6.07) is 7.42. The van der Waals surface area contributed by atoms with Gasteiger partial charge in [-0.25, -0.2) is 0 Å². The number of amides is 2. The molecule has 0 saturated heterocycles. The second kappa shape index (κ2) is 8.44. The molecule has 1 aromatic rings. The van der Waals surface area contributed by atoms with E-state index in [4.69, 9.17) is 4.74 Å². The van der Waals surface area contributed by atoms with Gasteiger partial charge in [0.15, 0.2) is 0 Å². The van der Waals surface area contributed by atoms with Gasteiger partial charge in [-0.15, -0.1) is 0 Å². The number of carbonyl (C=O) groups is 2. The van der Waals surface area contributed by atoms with Gasteiger partial charge in [-0.3, -0.25) is 20.4 Å². The average Bonchev–Trinajstić information content (AvgIpc) is 2.68. The Balaban J connectivity index is 1.23. The Bertz CT molecular complexity index is 762. The van der Waals surface area contributed by atoms with Gasteiger partial charge in [0.1, 0.15) is 12.4 Å². The molecule has 0 atom stereocenters. The molecule has 2 N–H and O–H groups in total. The van der Waals surface area contributed by atoms with Crippen LogP contribution in [0.2, 0.25) is 0 Å². The molecule has 5 heteroatoms. The Morgan fingerprint density at radius 3 is 2.24 bits per heavy atom. The summed E-state index contributed by atoms with van der Waals surface area (Å²) in [6.07, 6.45) is 13.0. The highest BCUT2D eigenvalue weighted by molar-refractivity contribution is 5.93. The van der Waals surface area contributed by atoms with Crippen molar-refractivity contribution in [1.82, 2.24) is 10.9 Å². The fourth-order valence-corrected chi connectivity index (χ4v) is 6.07. The normalized spacial score (nSPS) is 29.6. The smallest absolute Gasteiger partial charge is 0.262 e. The highest BCUT2D eigenvalue weighted by atomic mass is 16.5. The van der Waals surface area contributed by atoms with Gasteiger partial charge in [0.25, 0.3) is 5.91 Å². The molecular weight excluding hydrogens is 364 g/mol. The van der Waals surface area contributed by atoms with Crippen LogP contribution in [-0.4, -0.2) is 18.4 Å². The van der Waals surface area contributed by atoms with Crippen LogP contribution in [0.3, 0.4) is 0 Å². The van der Waals surface area contributed by atoms with E-state index in [1.165, 1.54) is 44.6 Å². The summed E-state index contributed by atoms with van der Waals surface area (Å²) in [4.78, 5) is 24.5. The van der Waals surface area contributed by atoms with Crippen LogP contribution in [0.5, 0.6) is 5.75 Å². The van der Waals surface area contributed by atoms with Crippen molar-refractivity contribution in [3.63, 3.8) is 0 Å². The van der Waals surface area contributed by atoms with Crippen LogP contribution in [-0.2, 0) is 9.59 Å². The number of hydrogen-bond acceptors (Lipinski definition) is 3. The molecule has 154 valence electrons. The summed E-state index contributed by atoms with van der Waals surface area (Å²) in [5.74, 6) is 2.80. The van der Waals surface area contributed by atoms with E-state index >= 15 is 0 Å². The van der Waals surface area contributed by atoms with Crippen molar-refractivity contribution in [3.05, 3.63) is 48.6 Å². The van der Waals surface area contributed by atoms with Crippen LogP contribution < -0.4 is 15.6 Å². The number of nitrogens with one attached hydrogen (secondary N) is 2. The lowest BCUT2D eigenvalue weighted by molar-refractivity contribution is -0.133. The fourth-order valence-electron chi connectivity index (χ4n) is 6.07. The Morgan fingerprint density at radius 1 is 1.03 bits per heavy atom. The molecule has 0 unspecified atom stereocenters. The molecule has 4 aliphatic carbocycles. The fraction of sp³-hybridized carbons (Fsp3) is 0.500. The van der Waals surface area contributed by atoms with Crippen LogP contribution in [0, 0.1) is 23.2 Å². The molecule has 1 aromatic carbocycles. The van der Waals surface area contributed by atoms with Crippen molar-refractivity contribution in [2.24, 2.45) is 23.2 Å². The third-order valence-electron chi connectivity index (χ3n) is 6.70. The number of hydrazine groups is 1. The first kappa shape index (κ1) is 19.7. The summed E-state index contributed by atoms with van der Waals surface area (Å²) in [5.41, 5.74) is 6.18. The largest absolute Gasteiger partial charge is 0.490 e. The van der Waals surface area contributed by atoms with Gasteiger partial charge >= 0.3 is 0 Å². The first-order valence-electron chi connectivity index (χ1n) is 10.6. The van der Waals surface area contributed by atoms with Crippen molar-refractivity contribution >= 4 is 17.9 Å². The van der Waals surface area contributed by atoms with Crippen LogP contribution in [0.25, 0.3) is 6.08 Å². The van der Waals surface area contributed by atoms with Gasteiger partial charge in [0, 0.05) is 12.5 Å². The molecule has 0 aromatic heterocycles. The molecule has 0 aliphatic heterocycles. The number of carbonyl (C=O) groups excluding carboxylic acids is 2. The molecule has 0 heterocycles. The van der Waals surface area contributed by atoms with Gasteiger partial charge in [-0.1, -0.05) is 24.8 Å². The van der Waals surface area contributed by atoms with E-state index in [0.717, 1.165) is 29.1 Å². The SMILES string of the molecule is C=CCOc1ccc(/C=C/C(=O)NNC(=O)CC23CC4CC(CC(C4)C2)C3)cc1. The van der Waals surface area contributed by atoms with E-state index in [1.54, 1.807) is 12.2 Å². The van der Waals surface area contributed by atoms with Crippen molar-refractivity contribution in [2.45, 2.75) is 44.9 Å². The second-order valence-electron chi connectivity index (χ2n) is 9.13. The van der Waals surface area contributed by atoms with E-state index in [0.29, 0.717) is 13.0 Å². The first-order valence-corrected chi connectivity index (χ1v) is 10.6. The standard InChI is InChI=1S/C24H30N2O3/c1-2-9-29-21-6-3-17(4-7-21)5-8-22(27)25-26-23(28)16-24-13-18-10-19(14-24)12-20(11-18)15-24/h2-8,18-20H,1,9-16H2,(H,25,27)(H,26,28)/b8-5+. The Labute approximate surface area is 172 Å². The topological polar surface area (TPSA) is 67.4 Å². The van der Waals surface area contributed by atoms with Gasteiger partial charge in [-0.05, 0) is 85.5 Å². The monoisotopic (exact) mass is 394 g/mol. The average molecular weight is 395 g/mol. The zero-order valence-corrected chi connectivity index (χ0v) is 16.9. The van der Waals surface area contributed by atoms with E-state index in [1.807, 2.05) is 24.3 Å². The molecule has 4 aliphatic rings. The molecule has 0 spiro atoms. The van der Waals surface area contributed by atoms with E-state index < -0.39 is 0 Å². The first-order chi connectivity index (χ1) is 14.0. The predicted molar refractivity (Wildman–Crippen MR) is 113 cm³/mol. The van der Waals surface area contributed by atoms with Crippen LogP contribution >= 0.6 is 0 Å². The van der Waals surface area contributed by atoms with Crippen molar-refractivity contribution in [1.29, 1.82) is 0 Å². The minimum atomic E-state index is -0.337. The van der Waals surface area contributed by atoms with Crippen molar-refractivity contribution in [3.8, 4) is 5.75 Å². The second-order valence-corrected chi connectivity index (χ2v) is 9.13. The summed E-state index contributed by atoms with van der Waals surface area (Å²) < 4.78 is 5.43. The maximum atomic E-state index is 12.5. The molecule has 4 fully saturated rings. The zero-order chi connectivity index (χ0) is 20.3. The van der Waals surface area contributed by atoms with Crippen LogP contribution in [0.4, 0.5) is 0 Å². The quantitative estimate of drug-likeness (QED) is 0.417. The van der Waals surface area contributed by atoms with E-state index in [9.17, 15) is 9.59 Å². The summed E-state index contributed by atoms with van der Waals surface area (Å²) in [6.45, 7) is 4.07. The zero-order valence-electron chi connectivity index (χ0n) is 16.9.